The molecule has 0 radical (unpaired) electrons. The van der Waals surface area contributed by atoms with Crippen molar-refractivity contribution in [1.82, 2.24) is 0 Å². The van der Waals surface area contributed by atoms with Crippen molar-refractivity contribution >= 4 is 0 Å². The monoisotopic (exact) mass is 230 g/mol. The summed E-state index contributed by atoms with van der Waals surface area (Å²) in [7, 11) is 0. The minimum Gasteiger partial charge on any atom is -0.352 e. The van der Waals surface area contributed by atoms with Crippen molar-refractivity contribution in [2.24, 2.45) is 17.8 Å². The molecule has 0 spiro atoms. The Morgan fingerprint density at radius 1 is 1.00 bits per heavy atom. The zero-order valence-electron chi connectivity index (χ0n) is 10.2. The molecule has 0 N–H and O–H groups in total. The van der Waals surface area contributed by atoms with E-state index in [-0.39, 0.29) is 13.0 Å². The van der Waals surface area contributed by atoms with Gasteiger partial charge in [0.2, 0.25) is 0 Å². The largest absolute Gasteiger partial charge is 0.352 e. The lowest BCUT2D eigenvalue weighted by atomic mass is 9.76. The highest BCUT2D eigenvalue weighted by molar-refractivity contribution is 4.78. The predicted molar refractivity (Wildman–Crippen MR) is 60.9 cm³/mol. The number of alkyl halides is 1. The molecule has 16 heavy (non-hydrogen) atoms. The highest BCUT2D eigenvalue weighted by atomic mass is 19.1. The highest BCUT2D eigenvalue weighted by Crippen LogP contribution is 2.35. The summed E-state index contributed by atoms with van der Waals surface area (Å²) in [6, 6.07) is 0. The third kappa shape index (κ3) is 3.17. The summed E-state index contributed by atoms with van der Waals surface area (Å²) < 4.78 is 23.2. The Morgan fingerprint density at radius 2 is 1.62 bits per heavy atom. The first-order chi connectivity index (χ1) is 7.79. The van der Waals surface area contributed by atoms with Gasteiger partial charge in [-0.2, -0.15) is 0 Å². The molecule has 2 aliphatic rings. The molecule has 0 atom stereocenters. The number of hydrogen-bond acceptors (Lipinski definition) is 2. The molecular weight excluding hydrogens is 207 g/mol. The molecule has 0 aromatic carbocycles. The van der Waals surface area contributed by atoms with Gasteiger partial charge in [0.05, 0.1) is 19.9 Å². The Hall–Kier alpha value is -0.150. The maximum absolute atomic E-state index is 12.1. The second kappa shape index (κ2) is 5.97. The molecule has 1 aliphatic carbocycles. The van der Waals surface area contributed by atoms with E-state index in [1.165, 1.54) is 25.7 Å². The molecule has 94 valence electrons. The van der Waals surface area contributed by atoms with E-state index in [9.17, 15) is 4.39 Å². The fraction of sp³-hybridized carbons (Fsp3) is 1.00. The minimum atomic E-state index is -0.351. The van der Waals surface area contributed by atoms with Crippen LogP contribution >= 0.6 is 0 Å². The fourth-order valence-electron chi connectivity index (χ4n) is 2.84. The quantitative estimate of drug-likeness (QED) is 0.741. The van der Waals surface area contributed by atoms with Crippen LogP contribution < -0.4 is 0 Å². The molecule has 2 rings (SSSR count). The van der Waals surface area contributed by atoms with E-state index < -0.39 is 0 Å². The summed E-state index contributed by atoms with van der Waals surface area (Å²) in [5, 5.41) is 0. The fourth-order valence-corrected chi connectivity index (χ4v) is 2.84. The molecule has 0 aromatic rings. The molecule has 0 bridgehead atoms. The summed E-state index contributed by atoms with van der Waals surface area (Å²) in [5.74, 6) is 2.20. The van der Waals surface area contributed by atoms with Crippen LogP contribution in [0.4, 0.5) is 4.39 Å². The van der Waals surface area contributed by atoms with Crippen molar-refractivity contribution < 1.29 is 13.9 Å². The molecule has 1 saturated heterocycles. The first-order valence-corrected chi connectivity index (χ1v) is 6.58. The van der Waals surface area contributed by atoms with Crippen LogP contribution in [0, 0.1) is 17.8 Å². The van der Waals surface area contributed by atoms with Crippen molar-refractivity contribution in [3.8, 4) is 0 Å². The van der Waals surface area contributed by atoms with Gasteiger partial charge in [-0.25, -0.2) is 0 Å². The van der Waals surface area contributed by atoms with Crippen molar-refractivity contribution in [3.05, 3.63) is 0 Å². The van der Waals surface area contributed by atoms with Crippen LogP contribution in [0.5, 0.6) is 0 Å². The summed E-state index contributed by atoms with van der Waals surface area (Å²) in [4.78, 5) is 0. The zero-order chi connectivity index (χ0) is 11.4. The first-order valence-electron chi connectivity index (χ1n) is 6.58. The smallest absolute Gasteiger partial charge is 0.160 e. The maximum Gasteiger partial charge on any atom is 0.160 e. The molecule has 2 fully saturated rings. The molecule has 3 heteroatoms. The Morgan fingerprint density at radius 3 is 2.19 bits per heavy atom. The SMILES string of the molecule is CC1CCC(C2COC(CCF)OC2)CC1. The van der Waals surface area contributed by atoms with Crippen LogP contribution in [-0.4, -0.2) is 26.2 Å². The molecule has 0 aromatic heterocycles. The molecule has 1 aliphatic heterocycles. The highest BCUT2D eigenvalue weighted by Gasteiger charge is 2.30. The Labute approximate surface area is 97.5 Å². The molecule has 1 heterocycles. The Balaban J connectivity index is 1.72. The van der Waals surface area contributed by atoms with E-state index in [1.807, 2.05) is 0 Å². The zero-order valence-corrected chi connectivity index (χ0v) is 10.2. The molecule has 2 nitrogen and oxygen atoms in total. The van der Waals surface area contributed by atoms with Gasteiger partial charge in [-0.1, -0.05) is 19.8 Å². The lowest BCUT2D eigenvalue weighted by Crippen LogP contribution is -2.37. The van der Waals surface area contributed by atoms with Gasteiger partial charge in [-0.3, -0.25) is 4.39 Å². The molecule has 0 unspecified atom stereocenters. The van der Waals surface area contributed by atoms with E-state index >= 15 is 0 Å². The third-order valence-electron chi connectivity index (χ3n) is 4.06. The lowest BCUT2D eigenvalue weighted by molar-refractivity contribution is -0.213. The predicted octanol–water partition coefficient (Wildman–Crippen LogP) is 3.16. The number of ether oxygens (including phenoxy) is 2. The van der Waals surface area contributed by atoms with Crippen LogP contribution in [0.1, 0.15) is 39.0 Å². The number of hydrogen-bond donors (Lipinski definition) is 0. The summed E-state index contributed by atoms with van der Waals surface area (Å²) in [5.41, 5.74) is 0. The second-order valence-electron chi connectivity index (χ2n) is 5.35. The summed E-state index contributed by atoms with van der Waals surface area (Å²) in [6.07, 6.45) is 5.40. The Kier molecular flexibility index (Phi) is 4.59. The van der Waals surface area contributed by atoms with E-state index in [2.05, 4.69) is 6.92 Å². The van der Waals surface area contributed by atoms with Crippen molar-refractivity contribution in [2.45, 2.75) is 45.3 Å². The van der Waals surface area contributed by atoms with Gasteiger partial charge in [-0.15, -0.1) is 0 Å². The molecular formula is C13H23FO2. The average molecular weight is 230 g/mol. The normalized spacial score (nSPS) is 40.9. The van der Waals surface area contributed by atoms with Crippen molar-refractivity contribution in [2.75, 3.05) is 19.9 Å². The van der Waals surface area contributed by atoms with E-state index in [0.717, 1.165) is 25.0 Å². The maximum atomic E-state index is 12.1. The van der Waals surface area contributed by atoms with Gasteiger partial charge < -0.3 is 9.47 Å². The second-order valence-corrected chi connectivity index (χ2v) is 5.35. The van der Waals surface area contributed by atoms with Gasteiger partial charge in [0.25, 0.3) is 0 Å². The van der Waals surface area contributed by atoms with Gasteiger partial charge in [0.15, 0.2) is 6.29 Å². The number of rotatable bonds is 3. The average Bonchev–Trinajstić information content (AvgIpc) is 2.32. The van der Waals surface area contributed by atoms with Gasteiger partial charge in [0.1, 0.15) is 0 Å². The van der Waals surface area contributed by atoms with Crippen LogP contribution in [0.25, 0.3) is 0 Å². The standard InChI is InChI=1S/C13H23FO2/c1-10-2-4-11(5-3-10)12-8-15-13(6-7-14)16-9-12/h10-13H,2-9H2,1H3. The van der Waals surface area contributed by atoms with E-state index in [1.54, 1.807) is 0 Å². The lowest BCUT2D eigenvalue weighted by Gasteiger charge is -2.37. The van der Waals surface area contributed by atoms with Gasteiger partial charge in [-0.05, 0) is 24.7 Å². The van der Waals surface area contributed by atoms with Crippen LogP contribution in [0.15, 0.2) is 0 Å². The summed E-state index contributed by atoms with van der Waals surface area (Å²) >= 11 is 0. The van der Waals surface area contributed by atoms with Gasteiger partial charge in [0, 0.05) is 12.3 Å². The third-order valence-corrected chi connectivity index (χ3v) is 4.06. The van der Waals surface area contributed by atoms with Crippen molar-refractivity contribution in [1.29, 1.82) is 0 Å². The topological polar surface area (TPSA) is 18.5 Å². The van der Waals surface area contributed by atoms with Crippen LogP contribution in [0.2, 0.25) is 0 Å². The van der Waals surface area contributed by atoms with E-state index in [0.29, 0.717) is 12.3 Å². The minimum absolute atomic E-state index is 0.288. The number of halogens is 1. The van der Waals surface area contributed by atoms with E-state index in [4.69, 9.17) is 9.47 Å². The first kappa shape index (κ1) is 12.3. The molecule has 1 saturated carbocycles. The van der Waals surface area contributed by atoms with Crippen LogP contribution in [-0.2, 0) is 9.47 Å². The Bertz CT molecular complexity index is 194. The van der Waals surface area contributed by atoms with Gasteiger partial charge >= 0.3 is 0 Å². The summed E-state index contributed by atoms with van der Waals surface area (Å²) in [6.45, 7) is 3.52. The van der Waals surface area contributed by atoms with Crippen LogP contribution in [0.3, 0.4) is 0 Å². The van der Waals surface area contributed by atoms with Crippen molar-refractivity contribution in [3.63, 3.8) is 0 Å². The molecule has 0 amide bonds.